The topological polar surface area (TPSA) is 63.6 Å². The smallest absolute Gasteiger partial charge is 0.173 e. The van der Waals surface area contributed by atoms with E-state index in [1.165, 1.54) is 5.56 Å². The van der Waals surface area contributed by atoms with Crippen molar-refractivity contribution in [2.75, 3.05) is 0 Å². The van der Waals surface area contributed by atoms with Gasteiger partial charge in [0, 0.05) is 11.5 Å². The van der Waals surface area contributed by atoms with Gasteiger partial charge in [0.2, 0.25) is 0 Å². The van der Waals surface area contributed by atoms with Crippen LogP contribution < -0.4 is 0 Å². The van der Waals surface area contributed by atoms with E-state index in [0.29, 0.717) is 11.1 Å². The zero-order chi connectivity index (χ0) is 22.7. The van der Waals surface area contributed by atoms with Gasteiger partial charge < -0.3 is 9.84 Å². The van der Waals surface area contributed by atoms with Crippen LogP contribution in [0.15, 0.2) is 42.2 Å². The Morgan fingerprint density at radius 2 is 1.78 bits per heavy atom. The lowest BCUT2D eigenvalue weighted by atomic mass is 9.72. The second-order valence-corrected chi connectivity index (χ2v) is 9.50. The highest BCUT2D eigenvalue weighted by molar-refractivity contribution is 6.26. The zero-order valence-corrected chi connectivity index (χ0v) is 19.1. The van der Waals surface area contributed by atoms with E-state index in [9.17, 15) is 14.7 Å². The van der Waals surface area contributed by atoms with Crippen LogP contribution >= 0.6 is 0 Å². The first-order valence-electron chi connectivity index (χ1n) is 11.7. The van der Waals surface area contributed by atoms with Crippen molar-refractivity contribution in [2.45, 2.75) is 65.1 Å². The van der Waals surface area contributed by atoms with Crippen molar-refractivity contribution >= 4 is 17.1 Å². The molecule has 2 aromatic carbocycles. The lowest BCUT2D eigenvalue weighted by Crippen LogP contribution is -2.33. The van der Waals surface area contributed by atoms with Crippen molar-refractivity contribution in [2.24, 2.45) is 11.8 Å². The van der Waals surface area contributed by atoms with Crippen LogP contribution in [0.2, 0.25) is 0 Å². The maximum Gasteiger partial charge on any atom is 0.173 e. The molecule has 32 heavy (non-hydrogen) atoms. The molecule has 2 fully saturated rings. The molecule has 1 aliphatic carbocycles. The summed E-state index contributed by atoms with van der Waals surface area (Å²) >= 11 is 0. The fourth-order valence-corrected chi connectivity index (χ4v) is 6.24. The van der Waals surface area contributed by atoms with Gasteiger partial charge in [-0.25, -0.2) is 0 Å². The second kappa shape index (κ2) is 7.70. The van der Waals surface area contributed by atoms with Crippen LogP contribution in [0, 0.1) is 18.8 Å². The molecular weight excluding hydrogens is 400 g/mol. The molecule has 4 heteroatoms. The summed E-state index contributed by atoms with van der Waals surface area (Å²) in [7, 11) is 0. The predicted octanol–water partition coefficient (Wildman–Crippen LogP) is 5.36. The Labute approximate surface area is 189 Å². The molecule has 0 aromatic heterocycles. The van der Waals surface area contributed by atoms with Crippen molar-refractivity contribution in [1.82, 2.24) is 0 Å². The van der Waals surface area contributed by atoms with Gasteiger partial charge in [0.25, 0.3) is 0 Å². The molecule has 2 aromatic rings. The summed E-state index contributed by atoms with van der Waals surface area (Å²) in [6.45, 7) is 7.84. The van der Waals surface area contributed by atoms with E-state index in [2.05, 4.69) is 32.9 Å². The molecule has 5 rings (SSSR count). The highest BCUT2D eigenvalue weighted by Crippen LogP contribution is 2.58. The Morgan fingerprint density at radius 1 is 1.09 bits per heavy atom. The van der Waals surface area contributed by atoms with Crippen LogP contribution in [-0.4, -0.2) is 28.9 Å². The van der Waals surface area contributed by atoms with Gasteiger partial charge in [0.1, 0.15) is 5.76 Å². The Hall–Kier alpha value is -2.72. The number of aryl methyl sites for hydroxylation is 3. The van der Waals surface area contributed by atoms with Crippen LogP contribution in [-0.2, 0) is 22.4 Å². The molecule has 5 atom stereocenters. The molecule has 2 aliphatic heterocycles. The van der Waals surface area contributed by atoms with Gasteiger partial charge in [-0.1, -0.05) is 49.7 Å². The summed E-state index contributed by atoms with van der Waals surface area (Å²) in [6, 6.07) is 12.0. The van der Waals surface area contributed by atoms with Crippen molar-refractivity contribution in [1.29, 1.82) is 0 Å². The zero-order valence-electron chi connectivity index (χ0n) is 19.1. The number of hydrogen-bond donors (Lipinski definition) is 1. The van der Waals surface area contributed by atoms with E-state index in [1.54, 1.807) is 6.92 Å². The molecule has 2 saturated heterocycles. The molecule has 0 radical (unpaired) electrons. The van der Waals surface area contributed by atoms with Gasteiger partial charge in [0.05, 0.1) is 29.6 Å². The monoisotopic (exact) mass is 430 g/mol. The number of fused-ring (bicyclic) bond motifs is 5. The Morgan fingerprint density at radius 3 is 2.41 bits per heavy atom. The third kappa shape index (κ3) is 3.00. The number of carbonyl (C=O) groups is 2. The van der Waals surface area contributed by atoms with Crippen LogP contribution in [0.25, 0.3) is 5.57 Å². The molecule has 2 heterocycles. The van der Waals surface area contributed by atoms with Crippen LogP contribution in [0.1, 0.15) is 71.3 Å². The largest absolute Gasteiger partial charge is 0.511 e. The van der Waals surface area contributed by atoms with Gasteiger partial charge >= 0.3 is 0 Å². The molecule has 2 bridgehead atoms. The molecule has 4 nitrogen and oxygen atoms in total. The molecule has 0 spiro atoms. The summed E-state index contributed by atoms with van der Waals surface area (Å²) < 4.78 is 6.26. The summed E-state index contributed by atoms with van der Waals surface area (Å²) in [4.78, 5) is 25.5. The summed E-state index contributed by atoms with van der Waals surface area (Å²) in [5.74, 6) is -0.272. The molecule has 166 valence electrons. The van der Waals surface area contributed by atoms with Crippen molar-refractivity contribution in [3.63, 3.8) is 0 Å². The number of allylic oxidation sites excluding steroid dienone is 1. The lowest BCUT2D eigenvalue weighted by Gasteiger charge is -2.28. The first-order chi connectivity index (χ1) is 15.3. The number of benzene rings is 2. The first kappa shape index (κ1) is 21.1. The quantitative estimate of drug-likeness (QED) is 0.649. The standard InChI is InChI=1S/C28H30O4/c1-5-16-10-14(3)11-17(6-2)22(16)24-26(30)23-21-13-20(28(32-21)25(23)27(24)31)19-9-7-8-18(12-19)15(4)29/h7-12,20-21,23,25,28,31H,5-6,13H2,1-4H3/t20-,21-,23-,25+,28+/m0/s1. The average Bonchev–Trinajstić information content (AvgIpc) is 3.45. The van der Waals surface area contributed by atoms with Crippen LogP contribution in [0.4, 0.5) is 0 Å². The molecule has 0 amide bonds. The van der Waals surface area contributed by atoms with Gasteiger partial charge in [-0.15, -0.1) is 0 Å². The van der Waals surface area contributed by atoms with Crippen molar-refractivity contribution in [3.05, 3.63) is 75.5 Å². The van der Waals surface area contributed by atoms with Crippen LogP contribution in [0.5, 0.6) is 0 Å². The number of aliphatic hydroxyl groups excluding tert-OH is 1. The van der Waals surface area contributed by atoms with E-state index in [0.717, 1.165) is 41.5 Å². The summed E-state index contributed by atoms with van der Waals surface area (Å²) in [5.41, 5.74) is 6.62. The fourth-order valence-electron chi connectivity index (χ4n) is 6.24. The molecule has 3 aliphatic rings. The number of rotatable bonds is 5. The minimum atomic E-state index is -0.307. The van der Waals surface area contributed by atoms with Crippen molar-refractivity contribution < 1.29 is 19.4 Å². The summed E-state index contributed by atoms with van der Waals surface area (Å²) in [5, 5.41) is 11.4. The Kier molecular flexibility index (Phi) is 5.09. The lowest BCUT2D eigenvalue weighted by molar-refractivity contribution is -0.118. The van der Waals surface area contributed by atoms with E-state index >= 15 is 0 Å². The molecule has 0 unspecified atom stereocenters. The highest BCUT2D eigenvalue weighted by Gasteiger charge is 2.62. The van der Waals surface area contributed by atoms with E-state index in [1.807, 2.05) is 24.3 Å². The van der Waals surface area contributed by atoms with E-state index in [-0.39, 0.29) is 47.3 Å². The Balaban J connectivity index is 1.58. The van der Waals surface area contributed by atoms with E-state index < -0.39 is 0 Å². The number of carbonyl (C=O) groups excluding carboxylic acids is 2. The third-order valence-electron chi connectivity index (χ3n) is 7.66. The summed E-state index contributed by atoms with van der Waals surface area (Å²) in [6.07, 6.45) is 1.94. The third-order valence-corrected chi connectivity index (χ3v) is 7.66. The minimum absolute atomic E-state index is 0.0317. The predicted molar refractivity (Wildman–Crippen MR) is 124 cm³/mol. The van der Waals surface area contributed by atoms with Gasteiger partial charge in [-0.2, -0.15) is 0 Å². The van der Waals surface area contributed by atoms with Gasteiger partial charge in [-0.05, 0) is 61.4 Å². The van der Waals surface area contributed by atoms with Gasteiger partial charge in [-0.3, -0.25) is 9.59 Å². The number of ketones is 2. The fraction of sp³-hybridized carbons (Fsp3) is 0.429. The minimum Gasteiger partial charge on any atom is -0.511 e. The number of Topliss-reactive ketones (excluding diaryl/α,β-unsaturated/α-hetero) is 2. The SMILES string of the molecule is CCc1cc(C)cc(CC)c1C1=C(O)[C@@H]2[C@@H]3O[C@@H](C[C@H]3c3cccc(C(C)=O)c3)[C@@H]2C1=O. The molecule has 1 N–H and O–H groups in total. The van der Waals surface area contributed by atoms with E-state index in [4.69, 9.17) is 4.74 Å². The average molecular weight is 431 g/mol. The normalized spacial score (nSPS) is 28.5. The number of ether oxygens (including phenoxy) is 1. The van der Waals surface area contributed by atoms with Crippen molar-refractivity contribution in [3.8, 4) is 0 Å². The molecular formula is C28H30O4. The first-order valence-corrected chi connectivity index (χ1v) is 11.7. The Bertz CT molecular complexity index is 1130. The number of aliphatic hydroxyl groups is 1. The molecule has 0 saturated carbocycles. The maximum absolute atomic E-state index is 13.7. The number of hydrogen-bond acceptors (Lipinski definition) is 4. The van der Waals surface area contributed by atoms with Gasteiger partial charge in [0.15, 0.2) is 11.6 Å². The maximum atomic E-state index is 13.7. The highest BCUT2D eigenvalue weighted by atomic mass is 16.5. The second-order valence-electron chi connectivity index (χ2n) is 9.50. The van der Waals surface area contributed by atoms with Crippen LogP contribution in [0.3, 0.4) is 0 Å².